The molecule has 6 nitrogen and oxygen atoms in total. The molecule has 0 spiro atoms. The molecule has 1 aromatic carbocycles. The smallest absolute Gasteiger partial charge is 0.250 e. The highest BCUT2D eigenvalue weighted by Gasteiger charge is 2.12. The molecule has 4 N–H and O–H groups in total. The molecule has 7 heteroatoms. The maximum atomic E-state index is 12.1. The van der Waals surface area contributed by atoms with Gasteiger partial charge in [-0.05, 0) is 43.0 Å². The van der Waals surface area contributed by atoms with Gasteiger partial charge in [0.25, 0.3) is 0 Å². The molecule has 0 fully saturated rings. The van der Waals surface area contributed by atoms with Crippen molar-refractivity contribution in [1.82, 2.24) is 5.32 Å². The monoisotopic (exact) mass is 347 g/mol. The molecule has 0 aliphatic rings. The predicted octanol–water partition coefficient (Wildman–Crippen LogP) is 1.84. The van der Waals surface area contributed by atoms with Crippen LogP contribution in [0.15, 0.2) is 41.8 Å². The zero-order chi connectivity index (χ0) is 17.4. The number of aliphatic hydroxyl groups is 1. The first-order valence-electron chi connectivity index (χ1n) is 7.66. The van der Waals surface area contributed by atoms with Gasteiger partial charge in [-0.15, -0.1) is 11.3 Å². The summed E-state index contributed by atoms with van der Waals surface area (Å²) < 4.78 is 0. The van der Waals surface area contributed by atoms with Crippen LogP contribution in [0.25, 0.3) is 0 Å². The summed E-state index contributed by atoms with van der Waals surface area (Å²) in [6.07, 6.45) is 0.818. The molecule has 2 amide bonds. The zero-order valence-corrected chi connectivity index (χ0v) is 14.2. The lowest BCUT2D eigenvalue weighted by Crippen LogP contribution is -2.38. The van der Waals surface area contributed by atoms with Gasteiger partial charge in [-0.25, -0.2) is 0 Å². The number of amides is 2. The first-order chi connectivity index (χ1) is 11.6. The van der Waals surface area contributed by atoms with Gasteiger partial charge in [0.15, 0.2) is 0 Å². The van der Waals surface area contributed by atoms with Gasteiger partial charge in [0.05, 0.1) is 0 Å². The van der Waals surface area contributed by atoms with Crippen molar-refractivity contribution in [2.45, 2.75) is 19.4 Å². The third kappa shape index (κ3) is 5.68. The fourth-order valence-electron chi connectivity index (χ4n) is 2.12. The molecule has 0 saturated carbocycles. The second kappa shape index (κ2) is 9.05. The van der Waals surface area contributed by atoms with Gasteiger partial charge in [-0.1, -0.05) is 12.1 Å². The summed E-state index contributed by atoms with van der Waals surface area (Å²) >= 11 is 1.67. The summed E-state index contributed by atoms with van der Waals surface area (Å²) in [6.45, 7) is 1.80. The lowest BCUT2D eigenvalue weighted by molar-refractivity contribution is -0.121. The van der Waals surface area contributed by atoms with Crippen molar-refractivity contribution in [3.05, 3.63) is 46.7 Å². The van der Waals surface area contributed by atoms with E-state index in [2.05, 4.69) is 16.0 Å². The van der Waals surface area contributed by atoms with E-state index >= 15 is 0 Å². The Hall–Kier alpha value is -2.38. The quantitative estimate of drug-likeness (QED) is 0.586. The molecule has 0 aliphatic heterocycles. The Labute approximate surface area is 144 Å². The van der Waals surface area contributed by atoms with E-state index in [1.165, 1.54) is 4.88 Å². The van der Waals surface area contributed by atoms with Crippen molar-refractivity contribution >= 4 is 34.5 Å². The number of nitrogens with one attached hydrogen (secondary N) is 3. The van der Waals surface area contributed by atoms with Crippen LogP contribution >= 0.6 is 11.3 Å². The number of hydrogen-bond acceptors (Lipinski definition) is 5. The molecule has 1 heterocycles. The number of hydrogen-bond donors (Lipinski definition) is 4. The number of anilines is 2. The largest absolute Gasteiger partial charge is 0.387 e. The van der Waals surface area contributed by atoms with E-state index in [1.807, 2.05) is 23.6 Å². The number of rotatable bonds is 8. The van der Waals surface area contributed by atoms with Gasteiger partial charge in [-0.3, -0.25) is 9.59 Å². The maximum absolute atomic E-state index is 12.1. The van der Waals surface area contributed by atoms with Crippen molar-refractivity contribution < 1.29 is 14.7 Å². The molecule has 24 heavy (non-hydrogen) atoms. The van der Waals surface area contributed by atoms with E-state index in [0.717, 1.165) is 6.42 Å². The van der Waals surface area contributed by atoms with E-state index < -0.39 is 18.6 Å². The third-order valence-corrected chi connectivity index (χ3v) is 4.25. The minimum atomic E-state index is -0.569. The van der Waals surface area contributed by atoms with Gasteiger partial charge in [0.1, 0.15) is 12.6 Å². The Morgan fingerprint density at radius 2 is 2.00 bits per heavy atom. The van der Waals surface area contributed by atoms with Crippen molar-refractivity contribution in [3.63, 3.8) is 0 Å². The van der Waals surface area contributed by atoms with Crippen LogP contribution in [0.2, 0.25) is 0 Å². The van der Waals surface area contributed by atoms with Gasteiger partial charge in [0.2, 0.25) is 11.8 Å². The van der Waals surface area contributed by atoms with E-state index in [1.54, 1.807) is 36.5 Å². The molecule has 0 radical (unpaired) electrons. The first kappa shape index (κ1) is 18.0. The maximum Gasteiger partial charge on any atom is 0.250 e. The highest BCUT2D eigenvalue weighted by molar-refractivity contribution is 7.09. The van der Waals surface area contributed by atoms with Gasteiger partial charge < -0.3 is 21.1 Å². The molecule has 0 aliphatic carbocycles. The Bertz CT molecular complexity index is 673. The van der Waals surface area contributed by atoms with Gasteiger partial charge in [0, 0.05) is 22.8 Å². The number of benzene rings is 1. The number of thiophene rings is 1. The fraction of sp³-hybridized carbons (Fsp3) is 0.294. The van der Waals surface area contributed by atoms with Crippen molar-refractivity contribution in [2.24, 2.45) is 0 Å². The average molecular weight is 347 g/mol. The van der Waals surface area contributed by atoms with E-state index in [-0.39, 0.29) is 5.91 Å². The molecular weight excluding hydrogens is 326 g/mol. The average Bonchev–Trinajstić information content (AvgIpc) is 3.08. The van der Waals surface area contributed by atoms with E-state index in [0.29, 0.717) is 17.9 Å². The summed E-state index contributed by atoms with van der Waals surface area (Å²) in [7, 11) is 0. The Kier molecular flexibility index (Phi) is 6.77. The highest BCUT2D eigenvalue weighted by Crippen LogP contribution is 2.16. The van der Waals surface area contributed by atoms with Crippen molar-refractivity contribution in [2.75, 3.05) is 23.8 Å². The molecule has 1 atom stereocenters. The third-order valence-electron chi connectivity index (χ3n) is 3.32. The molecule has 128 valence electrons. The molecular formula is C17H21N3O3S. The number of carbonyl (C=O) groups excluding carboxylic acids is 2. The molecule has 2 rings (SSSR count). The van der Waals surface area contributed by atoms with Crippen LogP contribution in [0.3, 0.4) is 0 Å². The minimum Gasteiger partial charge on any atom is -0.387 e. The highest BCUT2D eigenvalue weighted by atomic mass is 32.1. The van der Waals surface area contributed by atoms with Crippen molar-refractivity contribution in [3.8, 4) is 0 Å². The summed E-state index contributed by atoms with van der Waals surface area (Å²) in [6, 6.07) is 10.6. The SMILES string of the molecule is CC(Nc1cccc(NC(=O)CO)c1)C(=O)NCCc1cccs1. The zero-order valence-electron chi connectivity index (χ0n) is 13.4. The predicted molar refractivity (Wildman–Crippen MR) is 96.3 cm³/mol. The molecule has 2 aromatic rings. The summed E-state index contributed by atoms with van der Waals surface area (Å²) in [5.41, 5.74) is 1.27. The Morgan fingerprint density at radius 3 is 2.71 bits per heavy atom. The molecule has 0 saturated heterocycles. The van der Waals surface area contributed by atoms with Crippen LogP contribution in [0.4, 0.5) is 11.4 Å². The molecule has 1 unspecified atom stereocenters. The minimum absolute atomic E-state index is 0.0867. The molecule has 1 aromatic heterocycles. The Balaban J connectivity index is 1.82. The van der Waals surface area contributed by atoms with E-state index in [9.17, 15) is 9.59 Å². The van der Waals surface area contributed by atoms with Crippen LogP contribution in [0.5, 0.6) is 0 Å². The van der Waals surface area contributed by atoms with Crippen LogP contribution in [0, 0.1) is 0 Å². The summed E-state index contributed by atoms with van der Waals surface area (Å²) in [5, 5.41) is 19.3. The second-order valence-electron chi connectivity index (χ2n) is 5.27. The number of carbonyl (C=O) groups is 2. The topological polar surface area (TPSA) is 90.5 Å². The van der Waals surface area contributed by atoms with Crippen LogP contribution in [0.1, 0.15) is 11.8 Å². The van der Waals surface area contributed by atoms with Gasteiger partial charge >= 0.3 is 0 Å². The Morgan fingerprint density at radius 1 is 1.21 bits per heavy atom. The van der Waals surface area contributed by atoms with Crippen LogP contribution in [-0.4, -0.2) is 36.1 Å². The lowest BCUT2D eigenvalue weighted by Gasteiger charge is -2.16. The lowest BCUT2D eigenvalue weighted by atomic mass is 10.2. The van der Waals surface area contributed by atoms with Crippen molar-refractivity contribution in [1.29, 1.82) is 0 Å². The normalized spacial score (nSPS) is 11.6. The molecule has 0 bridgehead atoms. The van der Waals surface area contributed by atoms with Gasteiger partial charge in [-0.2, -0.15) is 0 Å². The summed E-state index contributed by atoms with van der Waals surface area (Å²) in [4.78, 5) is 24.5. The number of aliphatic hydroxyl groups excluding tert-OH is 1. The standard InChI is InChI=1S/C17H21N3O3S/c1-12(17(23)18-8-7-15-6-3-9-24-15)19-13-4-2-5-14(10-13)20-16(22)11-21/h2-6,9-10,12,19,21H,7-8,11H2,1H3,(H,18,23)(H,20,22). The second-order valence-corrected chi connectivity index (χ2v) is 6.31. The fourth-order valence-corrected chi connectivity index (χ4v) is 2.83. The van der Waals surface area contributed by atoms with E-state index in [4.69, 9.17) is 5.11 Å². The van der Waals surface area contributed by atoms with Crippen LogP contribution < -0.4 is 16.0 Å². The summed E-state index contributed by atoms with van der Waals surface area (Å²) in [5.74, 6) is -0.567. The van der Waals surface area contributed by atoms with Crippen LogP contribution in [-0.2, 0) is 16.0 Å². The first-order valence-corrected chi connectivity index (χ1v) is 8.54.